The lowest BCUT2D eigenvalue weighted by Crippen LogP contribution is -2.14. The number of carbonyl (C=O) groups is 1. The Labute approximate surface area is 78.0 Å². The van der Waals surface area contributed by atoms with E-state index >= 15 is 0 Å². The highest BCUT2D eigenvalue weighted by atomic mass is 16.1. The average Bonchev–Trinajstić information content (AvgIpc) is 2.15. The summed E-state index contributed by atoms with van der Waals surface area (Å²) in [6.07, 6.45) is 6.31. The minimum atomic E-state index is -0.390. The quantitative estimate of drug-likeness (QED) is 0.760. The number of nitrogens with two attached hydrogens (primary N) is 1. The van der Waals surface area contributed by atoms with Crippen molar-refractivity contribution in [3.63, 3.8) is 0 Å². The molecule has 0 aliphatic heterocycles. The fraction of sp³-hybridized carbons (Fsp3) is 0.400. The first-order valence-corrected chi connectivity index (χ1v) is 4.48. The van der Waals surface area contributed by atoms with E-state index in [4.69, 9.17) is 5.73 Å². The third-order valence-corrected chi connectivity index (χ3v) is 1.98. The summed E-state index contributed by atoms with van der Waals surface area (Å²) in [5.74, 6) is -0.390. The molecule has 1 heterocycles. The molecule has 0 aromatic carbocycles. The summed E-state index contributed by atoms with van der Waals surface area (Å²) >= 11 is 0. The van der Waals surface area contributed by atoms with Gasteiger partial charge in [0.1, 0.15) is 0 Å². The number of pyridine rings is 1. The molecular weight excluding hydrogens is 164 g/mol. The molecule has 1 aromatic heterocycles. The van der Waals surface area contributed by atoms with Crippen molar-refractivity contribution in [2.75, 3.05) is 0 Å². The Morgan fingerprint density at radius 2 is 2.38 bits per heavy atom. The molecule has 1 rings (SSSR count). The Morgan fingerprint density at radius 1 is 1.62 bits per heavy atom. The van der Waals surface area contributed by atoms with Crippen molar-refractivity contribution in [1.29, 1.82) is 0 Å². The van der Waals surface area contributed by atoms with E-state index in [1.54, 1.807) is 6.20 Å². The first-order chi connectivity index (χ1) is 6.25. The lowest BCUT2D eigenvalue weighted by atomic mass is 10.0. The molecule has 3 nitrogen and oxygen atoms in total. The van der Waals surface area contributed by atoms with Crippen LogP contribution >= 0.6 is 0 Å². The molecule has 0 aliphatic carbocycles. The van der Waals surface area contributed by atoms with Crippen LogP contribution in [0.15, 0.2) is 18.5 Å². The molecular formula is C10H14N2O. The Morgan fingerprint density at radius 3 is 3.00 bits per heavy atom. The molecule has 0 aliphatic rings. The van der Waals surface area contributed by atoms with Crippen molar-refractivity contribution in [3.05, 3.63) is 29.6 Å². The number of primary amides is 1. The predicted octanol–water partition coefficient (Wildman–Crippen LogP) is 1.52. The van der Waals surface area contributed by atoms with E-state index in [1.807, 2.05) is 6.07 Å². The van der Waals surface area contributed by atoms with Crippen LogP contribution in [-0.4, -0.2) is 10.9 Å². The number of amides is 1. The molecule has 2 N–H and O–H groups in total. The molecule has 0 bridgehead atoms. The largest absolute Gasteiger partial charge is 0.366 e. The van der Waals surface area contributed by atoms with Gasteiger partial charge in [-0.3, -0.25) is 9.78 Å². The summed E-state index contributed by atoms with van der Waals surface area (Å²) in [5, 5.41) is 0. The van der Waals surface area contributed by atoms with Gasteiger partial charge in [0.15, 0.2) is 0 Å². The number of unbranched alkanes of at least 4 members (excludes halogenated alkanes) is 1. The van der Waals surface area contributed by atoms with Gasteiger partial charge >= 0.3 is 0 Å². The number of aromatic nitrogens is 1. The zero-order valence-corrected chi connectivity index (χ0v) is 7.79. The molecule has 70 valence electrons. The Hall–Kier alpha value is -1.38. The lowest BCUT2D eigenvalue weighted by molar-refractivity contribution is 0.0999. The summed E-state index contributed by atoms with van der Waals surface area (Å²) in [6.45, 7) is 2.12. The first kappa shape index (κ1) is 9.71. The average molecular weight is 178 g/mol. The SMILES string of the molecule is CCCCc1ccncc1C(N)=O. The van der Waals surface area contributed by atoms with Gasteiger partial charge in [0, 0.05) is 12.4 Å². The van der Waals surface area contributed by atoms with Crippen LogP contribution in [0, 0.1) is 0 Å². The normalized spacial score (nSPS) is 9.92. The van der Waals surface area contributed by atoms with Crippen molar-refractivity contribution in [2.45, 2.75) is 26.2 Å². The minimum absolute atomic E-state index is 0.390. The van der Waals surface area contributed by atoms with Gasteiger partial charge in [0.2, 0.25) is 0 Å². The van der Waals surface area contributed by atoms with E-state index in [-0.39, 0.29) is 5.91 Å². The van der Waals surface area contributed by atoms with E-state index in [0.29, 0.717) is 5.56 Å². The molecule has 1 aromatic rings. The van der Waals surface area contributed by atoms with Crippen LogP contribution in [0.5, 0.6) is 0 Å². The monoisotopic (exact) mass is 178 g/mol. The molecule has 1 amide bonds. The molecule has 3 heteroatoms. The Balaban J connectivity index is 2.84. The number of rotatable bonds is 4. The van der Waals surface area contributed by atoms with Crippen LogP contribution in [0.25, 0.3) is 0 Å². The van der Waals surface area contributed by atoms with Crippen LogP contribution in [0.2, 0.25) is 0 Å². The zero-order chi connectivity index (χ0) is 9.68. The standard InChI is InChI=1S/C10H14N2O/c1-2-3-4-8-5-6-12-7-9(8)10(11)13/h5-7H,2-4H2,1H3,(H2,11,13). The summed E-state index contributed by atoms with van der Waals surface area (Å²) in [6, 6.07) is 1.86. The number of aryl methyl sites for hydroxylation is 1. The lowest BCUT2D eigenvalue weighted by Gasteiger charge is -2.03. The van der Waals surface area contributed by atoms with Crippen molar-refractivity contribution < 1.29 is 4.79 Å². The van der Waals surface area contributed by atoms with Crippen molar-refractivity contribution in [2.24, 2.45) is 5.73 Å². The molecule has 0 fully saturated rings. The number of hydrogen-bond donors (Lipinski definition) is 1. The van der Waals surface area contributed by atoms with E-state index in [2.05, 4.69) is 11.9 Å². The molecule has 0 saturated carbocycles. The summed E-state index contributed by atoms with van der Waals surface area (Å²) in [4.78, 5) is 14.8. The van der Waals surface area contributed by atoms with E-state index in [9.17, 15) is 4.79 Å². The molecule has 0 unspecified atom stereocenters. The highest BCUT2D eigenvalue weighted by Gasteiger charge is 2.06. The molecule has 0 atom stereocenters. The fourth-order valence-electron chi connectivity index (χ4n) is 1.23. The predicted molar refractivity (Wildman–Crippen MR) is 51.4 cm³/mol. The van der Waals surface area contributed by atoms with Gasteiger partial charge in [-0.1, -0.05) is 13.3 Å². The third kappa shape index (κ3) is 2.54. The number of hydrogen-bond acceptors (Lipinski definition) is 2. The summed E-state index contributed by atoms with van der Waals surface area (Å²) < 4.78 is 0. The van der Waals surface area contributed by atoms with Gasteiger partial charge in [-0.15, -0.1) is 0 Å². The highest BCUT2D eigenvalue weighted by Crippen LogP contribution is 2.09. The topological polar surface area (TPSA) is 56.0 Å². The fourth-order valence-corrected chi connectivity index (χ4v) is 1.23. The second kappa shape index (κ2) is 4.60. The molecule has 0 saturated heterocycles. The number of carbonyl (C=O) groups excluding carboxylic acids is 1. The maximum atomic E-state index is 11.0. The minimum Gasteiger partial charge on any atom is -0.366 e. The van der Waals surface area contributed by atoms with Crippen molar-refractivity contribution >= 4 is 5.91 Å². The smallest absolute Gasteiger partial charge is 0.250 e. The number of nitrogens with zero attached hydrogens (tertiary/aromatic N) is 1. The summed E-state index contributed by atoms with van der Waals surface area (Å²) in [7, 11) is 0. The van der Waals surface area contributed by atoms with Crippen molar-refractivity contribution in [3.8, 4) is 0 Å². The second-order valence-electron chi connectivity index (χ2n) is 3.00. The van der Waals surface area contributed by atoms with Gasteiger partial charge in [-0.25, -0.2) is 0 Å². The molecule has 0 radical (unpaired) electrons. The van der Waals surface area contributed by atoms with Gasteiger partial charge in [-0.2, -0.15) is 0 Å². The second-order valence-corrected chi connectivity index (χ2v) is 3.00. The van der Waals surface area contributed by atoms with Crippen LogP contribution in [0.3, 0.4) is 0 Å². The van der Waals surface area contributed by atoms with Gasteiger partial charge in [0.05, 0.1) is 5.56 Å². The zero-order valence-electron chi connectivity index (χ0n) is 7.79. The Bertz CT molecular complexity index is 297. The molecule has 13 heavy (non-hydrogen) atoms. The van der Waals surface area contributed by atoms with Crippen molar-refractivity contribution in [1.82, 2.24) is 4.98 Å². The maximum Gasteiger partial charge on any atom is 0.250 e. The molecule has 0 spiro atoms. The van der Waals surface area contributed by atoms with Crippen LogP contribution in [0.1, 0.15) is 35.7 Å². The maximum absolute atomic E-state index is 11.0. The van der Waals surface area contributed by atoms with Gasteiger partial charge in [-0.05, 0) is 24.5 Å². The van der Waals surface area contributed by atoms with E-state index in [1.165, 1.54) is 6.20 Å². The Kier molecular flexibility index (Phi) is 3.43. The van der Waals surface area contributed by atoms with E-state index < -0.39 is 0 Å². The highest BCUT2D eigenvalue weighted by molar-refractivity contribution is 5.93. The summed E-state index contributed by atoms with van der Waals surface area (Å²) in [5.41, 5.74) is 6.76. The van der Waals surface area contributed by atoms with E-state index in [0.717, 1.165) is 24.8 Å². The third-order valence-electron chi connectivity index (χ3n) is 1.98. The first-order valence-electron chi connectivity index (χ1n) is 4.48. The van der Waals surface area contributed by atoms with Crippen LogP contribution in [0.4, 0.5) is 0 Å². The van der Waals surface area contributed by atoms with Gasteiger partial charge < -0.3 is 5.73 Å². The van der Waals surface area contributed by atoms with Crippen LogP contribution in [-0.2, 0) is 6.42 Å². The van der Waals surface area contributed by atoms with Crippen LogP contribution < -0.4 is 5.73 Å². The van der Waals surface area contributed by atoms with Gasteiger partial charge in [0.25, 0.3) is 5.91 Å².